The lowest BCUT2D eigenvalue weighted by Crippen LogP contribution is -2.16. The molecule has 0 radical (unpaired) electrons. The Labute approximate surface area is 82.1 Å². The van der Waals surface area contributed by atoms with E-state index in [-0.39, 0.29) is 23.6 Å². The third-order valence-corrected chi connectivity index (χ3v) is 2.56. The Morgan fingerprint density at radius 3 is 2.79 bits per heavy atom. The Morgan fingerprint density at radius 2 is 2.14 bits per heavy atom. The van der Waals surface area contributed by atoms with Crippen molar-refractivity contribution < 1.29 is 9.18 Å². The van der Waals surface area contributed by atoms with Crippen molar-refractivity contribution >= 4 is 11.6 Å². The van der Waals surface area contributed by atoms with E-state index in [2.05, 4.69) is 5.32 Å². The van der Waals surface area contributed by atoms with Gasteiger partial charge in [0.05, 0.1) is 5.92 Å². The predicted molar refractivity (Wildman–Crippen MR) is 52.6 cm³/mol. The third-order valence-electron chi connectivity index (χ3n) is 2.56. The highest BCUT2D eigenvalue weighted by Crippen LogP contribution is 2.37. The quantitative estimate of drug-likeness (QED) is 0.729. The van der Waals surface area contributed by atoms with E-state index in [0.717, 1.165) is 5.56 Å². The number of amides is 1. The number of hydrogen-bond acceptors (Lipinski definition) is 1. The zero-order valence-corrected chi connectivity index (χ0v) is 8.17. The van der Waals surface area contributed by atoms with Gasteiger partial charge < -0.3 is 5.32 Å². The summed E-state index contributed by atoms with van der Waals surface area (Å²) in [5.74, 6) is -0.235. The van der Waals surface area contributed by atoms with Crippen molar-refractivity contribution in [2.24, 2.45) is 5.92 Å². The summed E-state index contributed by atoms with van der Waals surface area (Å²) < 4.78 is 12.9. The van der Waals surface area contributed by atoms with Gasteiger partial charge in [0.25, 0.3) is 0 Å². The van der Waals surface area contributed by atoms with E-state index in [1.807, 2.05) is 13.8 Å². The molecule has 1 aromatic rings. The zero-order valence-electron chi connectivity index (χ0n) is 8.17. The van der Waals surface area contributed by atoms with Gasteiger partial charge in [-0.1, -0.05) is 19.9 Å². The van der Waals surface area contributed by atoms with Gasteiger partial charge in [-0.05, 0) is 23.6 Å². The average molecular weight is 193 g/mol. The van der Waals surface area contributed by atoms with E-state index in [1.165, 1.54) is 12.1 Å². The fraction of sp³-hybridized carbons (Fsp3) is 0.364. The molecule has 0 spiro atoms. The van der Waals surface area contributed by atoms with Crippen LogP contribution in [0.2, 0.25) is 0 Å². The largest absolute Gasteiger partial charge is 0.325 e. The molecule has 1 heterocycles. The number of nitrogens with one attached hydrogen (secondary N) is 1. The summed E-state index contributed by atoms with van der Waals surface area (Å²) in [6.07, 6.45) is 0. The summed E-state index contributed by atoms with van der Waals surface area (Å²) in [5, 5.41) is 2.69. The maximum atomic E-state index is 12.9. The Bertz CT molecular complexity index is 387. The molecule has 1 N–H and O–H groups in total. The van der Waals surface area contributed by atoms with Crippen molar-refractivity contribution in [3.8, 4) is 0 Å². The molecule has 0 saturated carbocycles. The van der Waals surface area contributed by atoms with Crippen LogP contribution in [-0.2, 0) is 4.79 Å². The van der Waals surface area contributed by atoms with Crippen molar-refractivity contribution in [2.45, 2.75) is 19.8 Å². The molecule has 1 aromatic carbocycles. The van der Waals surface area contributed by atoms with Crippen molar-refractivity contribution in [3.63, 3.8) is 0 Å². The molecule has 74 valence electrons. The van der Waals surface area contributed by atoms with Gasteiger partial charge in [-0.2, -0.15) is 0 Å². The number of carbonyl (C=O) groups is 1. The fourth-order valence-corrected chi connectivity index (χ4v) is 1.92. The van der Waals surface area contributed by atoms with E-state index < -0.39 is 0 Å². The van der Waals surface area contributed by atoms with Crippen LogP contribution in [0.1, 0.15) is 25.3 Å². The lowest BCUT2D eigenvalue weighted by atomic mass is 9.90. The maximum absolute atomic E-state index is 12.9. The van der Waals surface area contributed by atoms with Crippen LogP contribution >= 0.6 is 0 Å². The van der Waals surface area contributed by atoms with Gasteiger partial charge in [0.2, 0.25) is 5.91 Å². The average Bonchev–Trinajstić information content (AvgIpc) is 2.39. The van der Waals surface area contributed by atoms with E-state index in [4.69, 9.17) is 0 Å². The van der Waals surface area contributed by atoms with E-state index in [9.17, 15) is 9.18 Å². The predicted octanol–water partition coefficient (Wildman–Crippen LogP) is 2.52. The minimum atomic E-state index is -0.312. The van der Waals surface area contributed by atoms with Crippen molar-refractivity contribution in [1.82, 2.24) is 0 Å². The molecule has 3 heteroatoms. The van der Waals surface area contributed by atoms with E-state index >= 15 is 0 Å². The van der Waals surface area contributed by atoms with Gasteiger partial charge in [0.15, 0.2) is 0 Å². The van der Waals surface area contributed by atoms with Crippen LogP contribution in [-0.4, -0.2) is 5.91 Å². The van der Waals surface area contributed by atoms with Crippen molar-refractivity contribution in [2.75, 3.05) is 5.32 Å². The van der Waals surface area contributed by atoms with Crippen molar-refractivity contribution in [1.29, 1.82) is 0 Å². The second-order valence-electron chi connectivity index (χ2n) is 3.94. The molecule has 0 aliphatic carbocycles. The molecule has 0 bridgehead atoms. The molecule has 1 amide bonds. The summed E-state index contributed by atoms with van der Waals surface area (Å²) in [6.45, 7) is 3.98. The zero-order chi connectivity index (χ0) is 10.3. The first-order valence-electron chi connectivity index (χ1n) is 4.70. The Hall–Kier alpha value is -1.38. The second kappa shape index (κ2) is 3.08. The number of benzene rings is 1. The molecule has 1 aliphatic heterocycles. The summed E-state index contributed by atoms with van der Waals surface area (Å²) in [4.78, 5) is 11.6. The smallest absolute Gasteiger partial charge is 0.232 e. The first kappa shape index (κ1) is 9.19. The highest BCUT2D eigenvalue weighted by atomic mass is 19.1. The van der Waals surface area contributed by atoms with Gasteiger partial charge in [-0.25, -0.2) is 4.39 Å². The van der Waals surface area contributed by atoms with Crippen LogP contribution in [0.3, 0.4) is 0 Å². The minimum absolute atomic E-state index is 0.0272. The Kier molecular flexibility index (Phi) is 2.02. The number of fused-ring (bicyclic) bond motifs is 1. The van der Waals surface area contributed by atoms with Gasteiger partial charge >= 0.3 is 0 Å². The maximum Gasteiger partial charge on any atom is 0.232 e. The molecular weight excluding hydrogens is 181 g/mol. The van der Waals surface area contributed by atoms with Crippen molar-refractivity contribution in [3.05, 3.63) is 29.6 Å². The van der Waals surface area contributed by atoms with E-state index in [0.29, 0.717) is 5.69 Å². The SMILES string of the molecule is CC(C)[C@H]1C(=O)Nc2cc(F)ccc21. The second-order valence-corrected chi connectivity index (χ2v) is 3.94. The molecule has 0 saturated heterocycles. The first-order valence-corrected chi connectivity index (χ1v) is 4.70. The molecule has 1 aliphatic rings. The molecule has 14 heavy (non-hydrogen) atoms. The van der Waals surface area contributed by atoms with Gasteiger partial charge in [-0.3, -0.25) is 4.79 Å². The third kappa shape index (κ3) is 1.29. The number of rotatable bonds is 1. The lowest BCUT2D eigenvalue weighted by molar-refractivity contribution is -0.117. The van der Waals surface area contributed by atoms with Crippen LogP contribution in [0, 0.1) is 11.7 Å². The molecule has 1 atom stereocenters. The van der Waals surface area contributed by atoms with Crippen LogP contribution < -0.4 is 5.32 Å². The fourth-order valence-electron chi connectivity index (χ4n) is 1.92. The summed E-state index contributed by atoms with van der Waals surface area (Å²) in [6, 6.07) is 4.46. The monoisotopic (exact) mass is 193 g/mol. The molecule has 0 unspecified atom stereocenters. The van der Waals surface area contributed by atoms with Crippen LogP contribution in [0.4, 0.5) is 10.1 Å². The normalized spacial score (nSPS) is 19.7. The minimum Gasteiger partial charge on any atom is -0.325 e. The lowest BCUT2D eigenvalue weighted by Gasteiger charge is -2.11. The summed E-state index contributed by atoms with van der Waals surface area (Å²) >= 11 is 0. The van der Waals surface area contributed by atoms with Gasteiger partial charge in [-0.15, -0.1) is 0 Å². The number of anilines is 1. The number of halogens is 1. The van der Waals surface area contributed by atoms with Crippen LogP contribution in [0.15, 0.2) is 18.2 Å². The molecular formula is C11H12FNO. The molecule has 0 fully saturated rings. The highest BCUT2D eigenvalue weighted by molar-refractivity contribution is 6.03. The summed E-state index contributed by atoms with van der Waals surface area (Å²) in [7, 11) is 0. The molecule has 2 rings (SSSR count). The molecule has 2 nitrogen and oxygen atoms in total. The van der Waals surface area contributed by atoms with Crippen LogP contribution in [0.5, 0.6) is 0 Å². The highest BCUT2D eigenvalue weighted by Gasteiger charge is 2.32. The standard InChI is InChI=1S/C11H12FNO/c1-6(2)10-8-4-3-7(12)5-9(8)13-11(10)14/h3-6,10H,1-2H3,(H,13,14)/t10-/m1/s1. The van der Waals surface area contributed by atoms with Gasteiger partial charge in [0, 0.05) is 5.69 Å². The Morgan fingerprint density at radius 1 is 1.43 bits per heavy atom. The molecule has 0 aromatic heterocycles. The van der Waals surface area contributed by atoms with Crippen LogP contribution in [0.25, 0.3) is 0 Å². The topological polar surface area (TPSA) is 29.1 Å². The first-order chi connectivity index (χ1) is 6.59. The Balaban J connectivity index is 2.48. The number of carbonyl (C=O) groups excluding carboxylic acids is 1. The van der Waals surface area contributed by atoms with E-state index in [1.54, 1.807) is 6.07 Å². The summed E-state index contributed by atoms with van der Waals surface area (Å²) in [5.41, 5.74) is 1.53. The number of hydrogen-bond donors (Lipinski definition) is 1. The van der Waals surface area contributed by atoms with Gasteiger partial charge in [0.1, 0.15) is 5.82 Å².